The second kappa shape index (κ2) is 9.96. The van der Waals surface area contributed by atoms with Gasteiger partial charge in [0.1, 0.15) is 22.6 Å². The Labute approximate surface area is 213 Å². The van der Waals surface area contributed by atoms with Gasteiger partial charge in [-0.3, -0.25) is 4.79 Å². The lowest BCUT2D eigenvalue weighted by Crippen LogP contribution is -2.47. The van der Waals surface area contributed by atoms with Crippen LogP contribution in [-0.2, 0) is 23.5 Å². The van der Waals surface area contributed by atoms with E-state index in [1.165, 1.54) is 4.31 Å². The number of nitrogens with one attached hydrogen (secondary N) is 1. The van der Waals surface area contributed by atoms with Gasteiger partial charge in [-0.25, -0.2) is 13.4 Å². The second-order valence-electron chi connectivity index (χ2n) is 8.49. The van der Waals surface area contributed by atoms with Crippen LogP contribution in [-0.4, -0.2) is 72.0 Å². The summed E-state index contributed by atoms with van der Waals surface area (Å²) in [7, 11) is 0.143. The van der Waals surface area contributed by atoms with E-state index < -0.39 is 10.0 Å². The Hall–Kier alpha value is -1.96. The highest BCUT2D eigenvalue weighted by Gasteiger charge is 2.29. The van der Waals surface area contributed by atoms with Crippen LogP contribution in [0.4, 0.5) is 0 Å². The van der Waals surface area contributed by atoms with E-state index in [9.17, 15) is 13.2 Å². The molecule has 1 N–H and O–H groups in total. The van der Waals surface area contributed by atoms with Gasteiger partial charge < -0.3 is 19.2 Å². The number of H-pyrrole nitrogens is 1. The third-order valence-electron chi connectivity index (χ3n) is 6.17. The smallest absolute Gasteiger partial charge is 0.275 e. The van der Waals surface area contributed by atoms with Crippen molar-refractivity contribution in [1.29, 1.82) is 0 Å². The van der Waals surface area contributed by atoms with E-state index in [1.807, 2.05) is 25.6 Å². The number of aromatic amines is 1. The lowest BCUT2D eigenvalue weighted by molar-refractivity contribution is 0.222. The quantitative estimate of drug-likeness (QED) is 0.420. The number of likely N-dealkylation sites (N-methyl/N-ethyl adjacent to an activating group) is 1. The lowest BCUT2D eigenvalue weighted by atomic mass is 10.1. The van der Waals surface area contributed by atoms with Gasteiger partial charge >= 0.3 is 0 Å². The molecule has 4 rings (SSSR count). The first-order valence-corrected chi connectivity index (χ1v) is 13.9. The molecule has 1 aliphatic heterocycles. The number of benzene rings is 1. The molecule has 1 aliphatic rings. The molecule has 0 radical (unpaired) electrons. The maximum absolute atomic E-state index is 13.4. The number of ether oxygens (including phenoxy) is 1. The van der Waals surface area contributed by atoms with Crippen LogP contribution in [0, 0.1) is 3.70 Å². The van der Waals surface area contributed by atoms with E-state index in [-0.39, 0.29) is 10.5 Å². The molecule has 9 nitrogen and oxygen atoms in total. The molecule has 1 fully saturated rings. The summed E-state index contributed by atoms with van der Waals surface area (Å²) in [5.41, 5.74) is 2.36. The van der Waals surface area contributed by atoms with Crippen LogP contribution in [0.15, 0.2) is 27.9 Å². The van der Waals surface area contributed by atoms with E-state index in [4.69, 9.17) is 9.72 Å². The van der Waals surface area contributed by atoms with Gasteiger partial charge in [-0.1, -0.05) is 13.3 Å². The van der Waals surface area contributed by atoms with Crippen molar-refractivity contribution in [2.75, 3.05) is 39.8 Å². The van der Waals surface area contributed by atoms with Gasteiger partial charge in [0.2, 0.25) is 10.0 Å². The van der Waals surface area contributed by atoms with Crippen molar-refractivity contribution in [2.24, 2.45) is 7.05 Å². The Morgan fingerprint density at radius 3 is 2.50 bits per heavy atom. The largest absolute Gasteiger partial charge is 0.493 e. The van der Waals surface area contributed by atoms with Gasteiger partial charge in [0.15, 0.2) is 0 Å². The molecule has 0 bridgehead atoms. The first-order chi connectivity index (χ1) is 16.2. The highest BCUT2D eigenvalue weighted by atomic mass is 127. The highest BCUT2D eigenvalue weighted by Crippen LogP contribution is 2.33. The first-order valence-electron chi connectivity index (χ1n) is 11.4. The SMILES string of the molecule is CCCc1c(I)n(C)c2c(=O)[nH]c(-c3cc(S(=O)(=O)N4CCN(C)CC4)ccc3OCC)nc12. The van der Waals surface area contributed by atoms with Crippen molar-refractivity contribution >= 4 is 43.6 Å². The van der Waals surface area contributed by atoms with E-state index in [0.717, 1.165) is 22.1 Å². The number of halogens is 1. The summed E-state index contributed by atoms with van der Waals surface area (Å²) < 4.78 is 36.9. The molecule has 1 saturated heterocycles. The molecule has 0 saturated carbocycles. The normalized spacial score (nSPS) is 15.8. The maximum Gasteiger partial charge on any atom is 0.275 e. The zero-order valence-electron chi connectivity index (χ0n) is 19.9. The number of aromatic nitrogens is 3. The second-order valence-corrected chi connectivity index (χ2v) is 11.4. The van der Waals surface area contributed by atoms with Gasteiger partial charge in [0.25, 0.3) is 5.56 Å². The minimum absolute atomic E-state index is 0.162. The van der Waals surface area contributed by atoms with E-state index in [1.54, 1.807) is 18.2 Å². The molecule has 3 heterocycles. The van der Waals surface area contributed by atoms with Crippen molar-refractivity contribution in [3.8, 4) is 17.1 Å². The Bertz CT molecular complexity index is 1370. The third-order valence-corrected chi connectivity index (χ3v) is 9.44. The Morgan fingerprint density at radius 2 is 1.85 bits per heavy atom. The minimum Gasteiger partial charge on any atom is -0.493 e. The molecular formula is C23H30IN5O4S. The summed E-state index contributed by atoms with van der Waals surface area (Å²) in [6.45, 7) is 6.58. The van der Waals surface area contributed by atoms with Crippen LogP contribution in [0.25, 0.3) is 22.4 Å². The van der Waals surface area contributed by atoms with Crippen LogP contribution < -0.4 is 10.3 Å². The van der Waals surface area contributed by atoms with E-state index in [0.29, 0.717) is 61.0 Å². The number of sulfonamides is 1. The molecule has 11 heteroatoms. The monoisotopic (exact) mass is 599 g/mol. The molecule has 0 amide bonds. The van der Waals surface area contributed by atoms with Crippen molar-refractivity contribution < 1.29 is 13.2 Å². The molecule has 0 spiro atoms. The van der Waals surface area contributed by atoms with Gasteiger partial charge in [0, 0.05) is 38.8 Å². The molecule has 34 heavy (non-hydrogen) atoms. The van der Waals surface area contributed by atoms with Crippen LogP contribution >= 0.6 is 22.6 Å². The van der Waals surface area contributed by atoms with Gasteiger partial charge in [-0.2, -0.15) is 4.31 Å². The summed E-state index contributed by atoms with van der Waals surface area (Å²) in [5.74, 6) is 0.778. The number of fused-ring (bicyclic) bond motifs is 1. The fourth-order valence-corrected chi connectivity index (χ4v) is 6.51. The van der Waals surface area contributed by atoms with Crippen molar-refractivity contribution in [2.45, 2.75) is 31.6 Å². The summed E-state index contributed by atoms with van der Waals surface area (Å²) in [4.78, 5) is 23.1. The average molecular weight is 599 g/mol. The van der Waals surface area contributed by atoms with E-state index in [2.05, 4.69) is 39.4 Å². The molecule has 184 valence electrons. The van der Waals surface area contributed by atoms with Crippen LogP contribution in [0.3, 0.4) is 0 Å². The van der Waals surface area contributed by atoms with E-state index >= 15 is 0 Å². The van der Waals surface area contributed by atoms with Crippen molar-refractivity contribution in [1.82, 2.24) is 23.7 Å². The number of nitrogens with zero attached hydrogens (tertiary/aromatic N) is 4. The average Bonchev–Trinajstić information content (AvgIpc) is 3.05. The predicted octanol–water partition coefficient (Wildman–Crippen LogP) is 2.82. The van der Waals surface area contributed by atoms with Crippen molar-refractivity contribution in [3.05, 3.63) is 37.8 Å². The Kier molecular flexibility index (Phi) is 7.36. The fourth-order valence-electron chi connectivity index (χ4n) is 4.30. The number of aryl methyl sites for hydroxylation is 2. The maximum atomic E-state index is 13.4. The fraction of sp³-hybridized carbons (Fsp3) is 0.478. The summed E-state index contributed by atoms with van der Waals surface area (Å²) in [6, 6.07) is 4.77. The van der Waals surface area contributed by atoms with Crippen LogP contribution in [0.5, 0.6) is 5.75 Å². The van der Waals surface area contributed by atoms with Gasteiger partial charge in [-0.05, 0) is 61.2 Å². The zero-order valence-corrected chi connectivity index (χ0v) is 22.9. The summed E-state index contributed by atoms with van der Waals surface area (Å²) >= 11 is 2.24. The molecule has 3 aromatic rings. The highest BCUT2D eigenvalue weighted by molar-refractivity contribution is 14.1. The first kappa shape index (κ1) is 25.1. The number of hydrogen-bond donors (Lipinski definition) is 1. The minimum atomic E-state index is -3.69. The molecule has 0 atom stereocenters. The molecule has 0 unspecified atom stereocenters. The summed E-state index contributed by atoms with van der Waals surface area (Å²) in [5, 5.41) is 0. The topological polar surface area (TPSA) is 101 Å². The van der Waals surface area contributed by atoms with Gasteiger partial charge in [0.05, 0.1) is 20.8 Å². The third kappa shape index (κ3) is 4.50. The molecular weight excluding hydrogens is 569 g/mol. The van der Waals surface area contributed by atoms with Crippen LogP contribution in [0.1, 0.15) is 25.8 Å². The Morgan fingerprint density at radius 1 is 1.15 bits per heavy atom. The van der Waals surface area contributed by atoms with Crippen molar-refractivity contribution in [3.63, 3.8) is 0 Å². The molecule has 2 aromatic heterocycles. The number of piperazine rings is 1. The zero-order chi connectivity index (χ0) is 24.6. The molecule has 1 aromatic carbocycles. The number of rotatable bonds is 7. The predicted molar refractivity (Wildman–Crippen MR) is 141 cm³/mol. The standard InChI is InChI=1S/C23H30IN5O4S/c1-5-7-16-19-20(28(4)21(16)24)23(30)26-22(25-19)17-14-15(8-9-18(17)33-6-2)34(31,32)29-12-10-27(3)11-13-29/h8-9,14H,5-7,10-13H2,1-4H3,(H,25,26,30). The van der Waals surface area contributed by atoms with Gasteiger partial charge in [-0.15, -0.1) is 0 Å². The number of hydrogen-bond acceptors (Lipinski definition) is 6. The Balaban J connectivity index is 1.88. The summed E-state index contributed by atoms with van der Waals surface area (Å²) in [6.07, 6.45) is 1.71. The molecule has 0 aliphatic carbocycles. The lowest BCUT2D eigenvalue weighted by Gasteiger charge is -2.31. The van der Waals surface area contributed by atoms with Crippen LogP contribution in [0.2, 0.25) is 0 Å².